The number of rotatable bonds is 17. The summed E-state index contributed by atoms with van der Waals surface area (Å²) < 4.78 is 27.3. The number of carbonyl (C=O) groups is 4. The Kier molecular flexibility index (Phi) is 13.0. The van der Waals surface area contributed by atoms with Crippen LogP contribution in [-0.2, 0) is 19.1 Å². The number of amides is 4. The zero-order valence-electron chi connectivity index (χ0n) is 35.6. The van der Waals surface area contributed by atoms with E-state index in [0.29, 0.717) is 82.4 Å². The Hall–Kier alpha value is -6.50. The second-order valence-electron chi connectivity index (χ2n) is 16.4. The molecule has 3 aromatic heterocycles. The first kappa shape index (κ1) is 42.8. The number of benzene rings is 2. The average Bonchev–Trinajstić information content (AvgIpc) is 4.04. The number of anilines is 3. The summed E-state index contributed by atoms with van der Waals surface area (Å²) in [5, 5.41) is 13.9. The van der Waals surface area contributed by atoms with Gasteiger partial charge in [0.05, 0.1) is 68.1 Å². The lowest BCUT2D eigenvalue weighted by molar-refractivity contribution is -0.123. The van der Waals surface area contributed by atoms with E-state index in [1.807, 2.05) is 40.9 Å². The van der Waals surface area contributed by atoms with Crippen LogP contribution < -0.4 is 25.8 Å². The van der Waals surface area contributed by atoms with Crippen LogP contribution in [0, 0.1) is 5.82 Å². The molecule has 4 amide bonds. The molecule has 0 spiro atoms. The number of piperazine rings is 1. The molecule has 18 heteroatoms. The maximum Gasteiger partial charge on any atom is 0.263 e. The monoisotopic (exact) mass is 873 g/mol. The van der Waals surface area contributed by atoms with Crippen LogP contribution in [0.25, 0.3) is 17.0 Å². The van der Waals surface area contributed by atoms with Gasteiger partial charge in [0, 0.05) is 64.5 Å². The molecule has 1 unspecified atom stereocenters. The number of imidazole rings is 1. The van der Waals surface area contributed by atoms with Crippen molar-refractivity contribution in [1.29, 1.82) is 0 Å². The quantitative estimate of drug-likeness (QED) is 0.0915. The van der Waals surface area contributed by atoms with Gasteiger partial charge in [0.25, 0.3) is 11.8 Å². The van der Waals surface area contributed by atoms with Crippen LogP contribution in [0.15, 0.2) is 79.0 Å². The number of hydrogen-bond acceptors (Lipinski definition) is 13. The zero-order valence-corrected chi connectivity index (χ0v) is 35.6. The fraction of sp³-hybridized carbons (Fsp3) is 0.413. The molecule has 64 heavy (non-hydrogen) atoms. The van der Waals surface area contributed by atoms with Crippen molar-refractivity contribution in [2.45, 2.75) is 37.8 Å². The first-order valence-electron chi connectivity index (χ1n) is 22.1. The van der Waals surface area contributed by atoms with Crippen LogP contribution in [0.3, 0.4) is 0 Å². The van der Waals surface area contributed by atoms with Gasteiger partial charge in [-0.15, -0.1) is 5.10 Å². The van der Waals surface area contributed by atoms with Crippen molar-refractivity contribution in [3.63, 3.8) is 0 Å². The highest BCUT2D eigenvalue weighted by molar-refractivity contribution is 6.24. The van der Waals surface area contributed by atoms with E-state index < -0.39 is 0 Å². The SMILES string of the molecule is O=C1CCC(N2C(=O)c3cccc(NCCOCCOCCNC(=O)CN4CCN(c5cccc(-c6cnc7ccc(N8CCC[C@@H]8c8cccc(F)c8)nn67)n5)CC4)c3C2=O)CN1. The van der Waals surface area contributed by atoms with E-state index in [2.05, 4.69) is 35.6 Å². The predicted octanol–water partition coefficient (Wildman–Crippen LogP) is 3.53. The molecule has 0 saturated carbocycles. The zero-order chi connectivity index (χ0) is 44.0. The molecule has 17 nitrogen and oxygen atoms in total. The van der Waals surface area contributed by atoms with Gasteiger partial charge in [-0.05, 0) is 73.4 Å². The average molecular weight is 874 g/mol. The number of fused-ring (bicyclic) bond motifs is 2. The molecule has 334 valence electrons. The van der Waals surface area contributed by atoms with Crippen molar-refractivity contribution in [1.82, 2.24) is 40.0 Å². The van der Waals surface area contributed by atoms with Gasteiger partial charge in [0.1, 0.15) is 23.1 Å². The lowest BCUT2D eigenvalue weighted by Gasteiger charge is -2.35. The highest BCUT2D eigenvalue weighted by Gasteiger charge is 2.42. The molecule has 9 rings (SSSR count). The van der Waals surface area contributed by atoms with Crippen molar-refractivity contribution in [3.05, 3.63) is 102 Å². The number of carbonyl (C=O) groups excluding carboxylic acids is 4. The molecule has 2 atom stereocenters. The fourth-order valence-corrected chi connectivity index (χ4v) is 8.99. The maximum absolute atomic E-state index is 14.1. The second-order valence-corrected chi connectivity index (χ2v) is 16.4. The molecule has 0 radical (unpaired) electrons. The second kappa shape index (κ2) is 19.5. The molecule has 4 aliphatic heterocycles. The van der Waals surface area contributed by atoms with Crippen LogP contribution in [0.1, 0.15) is 58.0 Å². The topological polar surface area (TPSA) is 179 Å². The van der Waals surface area contributed by atoms with E-state index in [1.165, 1.54) is 11.0 Å². The molecule has 7 heterocycles. The lowest BCUT2D eigenvalue weighted by atomic mass is 10.0. The number of ether oxygens (including phenoxy) is 2. The van der Waals surface area contributed by atoms with Crippen LogP contribution in [0.5, 0.6) is 0 Å². The number of halogens is 1. The Morgan fingerprint density at radius 2 is 1.66 bits per heavy atom. The molecule has 2 aromatic carbocycles. The van der Waals surface area contributed by atoms with Crippen LogP contribution >= 0.6 is 0 Å². The molecule has 0 aliphatic carbocycles. The summed E-state index contributed by atoms with van der Waals surface area (Å²) in [7, 11) is 0. The normalized spacial score (nSPS) is 19.1. The number of piperidine rings is 1. The summed E-state index contributed by atoms with van der Waals surface area (Å²) >= 11 is 0. The van der Waals surface area contributed by atoms with Crippen LogP contribution in [-0.4, -0.2) is 144 Å². The van der Waals surface area contributed by atoms with Gasteiger partial charge >= 0.3 is 0 Å². The third-order valence-corrected chi connectivity index (χ3v) is 12.2. The van der Waals surface area contributed by atoms with Gasteiger partial charge in [-0.3, -0.25) is 29.0 Å². The number of hydrogen-bond donors (Lipinski definition) is 3. The third-order valence-electron chi connectivity index (χ3n) is 12.2. The van der Waals surface area contributed by atoms with Gasteiger partial charge in [-0.25, -0.2) is 18.9 Å². The van der Waals surface area contributed by atoms with Crippen LogP contribution in [0.4, 0.5) is 21.7 Å². The number of aromatic nitrogens is 4. The van der Waals surface area contributed by atoms with E-state index in [9.17, 15) is 23.6 Å². The first-order chi connectivity index (χ1) is 31.3. The van der Waals surface area contributed by atoms with Gasteiger partial charge < -0.3 is 35.2 Å². The largest absolute Gasteiger partial charge is 0.382 e. The van der Waals surface area contributed by atoms with Gasteiger partial charge in [0.15, 0.2) is 5.65 Å². The number of nitrogens with one attached hydrogen (secondary N) is 3. The van der Waals surface area contributed by atoms with E-state index in [0.717, 1.165) is 66.7 Å². The molecule has 3 N–H and O–H groups in total. The minimum absolute atomic E-state index is 0.0511. The third kappa shape index (κ3) is 9.39. The molecular weight excluding hydrogens is 822 g/mol. The number of pyridine rings is 1. The highest BCUT2D eigenvalue weighted by atomic mass is 19.1. The van der Waals surface area contributed by atoms with Crippen molar-refractivity contribution in [2.75, 3.05) is 100 Å². The summed E-state index contributed by atoms with van der Waals surface area (Å²) in [6.07, 6.45) is 4.46. The molecule has 5 aromatic rings. The Balaban J connectivity index is 0.667. The van der Waals surface area contributed by atoms with E-state index in [-0.39, 0.29) is 54.5 Å². The van der Waals surface area contributed by atoms with Gasteiger partial charge in [-0.2, -0.15) is 0 Å². The summed E-state index contributed by atoms with van der Waals surface area (Å²) in [6, 6.07) is 21.6. The van der Waals surface area contributed by atoms with Gasteiger partial charge in [0.2, 0.25) is 11.8 Å². The van der Waals surface area contributed by atoms with E-state index >= 15 is 0 Å². The van der Waals surface area contributed by atoms with E-state index in [1.54, 1.807) is 36.5 Å². The molecule has 3 saturated heterocycles. The molecule has 4 aliphatic rings. The van der Waals surface area contributed by atoms with Crippen molar-refractivity contribution in [2.24, 2.45) is 0 Å². The summed E-state index contributed by atoms with van der Waals surface area (Å²) in [4.78, 5) is 68.2. The molecule has 3 fully saturated rings. The number of nitrogens with zero attached hydrogens (tertiary/aromatic N) is 8. The predicted molar refractivity (Wildman–Crippen MR) is 237 cm³/mol. The standard InChI is InChI=1S/C46H52FN11O6/c47-32-6-1-5-31(27-32)37-10-4-18-56(37)41-14-13-39-50-29-38(58(39)53-41)35-8-3-11-40(52-35)55-21-19-54(20-22-55)30-43(60)49-17-24-64-26-25-63-23-16-48-36-9-2-7-34-44(36)46(62)57(45(34)61)33-12-15-42(59)51-28-33/h1-3,5-9,11,13-14,27,29,33,37,48H,4,10,12,15-26,28,30H2,(H,49,60)(H,51,59)/t33?,37-/m1/s1. The molecular formula is C46H52FN11O6. The Morgan fingerprint density at radius 1 is 0.844 bits per heavy atom. The van der Waals surface area contributed by atoms with Crippen molar-refractivity contribution in [3.8, 4) is 11.4 Å². The molecule has 0 bridgehead atoms. The van der Waals surface area contributed by atoms with Crippen molar-refractivity contribution < 1.29 is 33.0 Å². The highest BCUT2D eigenvalue weighted by Crippen LogP contribution is 2.36. The minimum atomic E-state index is -0.358. The lowest BCUT2D eigenvalue weighted by Crippen LogP contribution is -2.50. The minimum Gasteiger partial charge on any atom is -0.382 e. The Labute approximate surface area is 369 Å². The smallest absolute Gasteiger partial charge is 0.263 e. The summed E-state index contributed by atoms with van der Waals surface area (Å²) in [5.74, 6) is 0.606. The Bertz CT molecular complexity index is 2500. The fourth-order valence-electron chi connectivity index (χ4n) is 8.99. The van der Waals surface area contributed by atoms with Crippen LogP contribution in [0.2, 0.25) is 0 Å². The maximum atomic E-state index is 14.1. The number of imide groups is 1. The van der Waals surface area contributed by atoms with Crippen molar-refractivity contribution >= 4 is 46.6 Å². The first-order valence-corrected chi connectivity index (χ1v) is 22.1. The Morgan fingerprint density at radius 3 is 2.47 bits per heavy atom. The summed E-state index contributed by atoms with van der Waals surface area (Å²) in [6.45, 7) is 6.52. The van der Waals surface area contributed by atoms with E-state index in [4.69, 9.17) is 19.6 Å². The summed E-state index contributed by atoms with van der Waals surface area (Å²) in [5.41, 5.74) is 4.49. The van der Waals surface area contributed by atoms with Gasteiger partial charge in [-0.1, -0.05) is 24.3 Å².